The monoisotopic (exact) mass is 301 g/mol. The molecule has 2 aromatic heterocycles. The molecule has 21 heavy (non-hydrogen) atoms. The third-order valence-electron chi connectivity index (χ3n) is 3.67. The van der Waals surface area contributed by atoms with Crippen molar-refractivity contribution in [3.8, 4) is 17.0 Å². The molecule has 0 fully saturated rings. The number of aromatic nitrogens is 2. The molecule has 4 nitrogen and oxygen atoms in total. The summed E-state index contributed by atoms with van der Waals surface area (Å²) in [5.74, 6) is 0.913. The zero-order valence-corrected chi connectivity index (χ0v) is 13.3. The van der Waals surface area contributed by atoms with Gasteiger partial charge in [-0.1, -0.05) is 0 Å². The molecule has 0 atom stereocenters. The van der Waals surface area contributed by atoms with Crippen LogP contribution in [0.4, 0.5) is 0 Å². The number of methoxy groups -OCH3 is 1. The lowest BCUT2D eigenvalue weighted by Crippen LogP contribution is -2.05. The maximum atomic E-state index is 5.71. The van der Waals surface area contributed by atoms with Gasteiger partial charge < -0.3 is 10.5 Å². The lowest BCUT2D eigenvalue weighted by Gasteiger charge is -2.09. The van der Waals surface area contributed by atoms with Gasteiger partial charge in [-0.05, 0) is 44.2 Å². The highest BCUT2D eigenvalue weighted by atomic mass is 32.1. The van der Waals surface area contributed by atoms with E-state index in [0.29, 0.717) is 6.54 Å². The number of fused-ring (bicyclic) bond motifs is 1. The van der Waals surface area contributed by atoms with Crippen molar-refractivity contribution in [2.45, 2.75) is 20.3 Å². The van der Waals surface area contributed by atoms with Crippen molar-refractivity contribution in [1.29, 1.82) is 0 Å². The molecular weight excluding hydrogens is 282 g/mol. The van der Waals surface area contributed by atoms with Crippen molar-refractivity contribution in [2.75, 3.05) is 13.7 Å². The van der Waals surface area contributed by atoms with E-state index in [4.69, 9.17) is 10.5 Å². The van der Waals surface area contributed by atoms with E-state index in [9.17, 15) is 0 Å². The molecule has 0 aliphatic heterocycles. The zero-order valence-electron chi connectivity index (χ0n) is 12.5. The summed E-state index contributed by atoms with van der Waals surface area (Å²) >= 11 is 1.72. The molecule has 0 spiro atoms. The second kappa shape index (κ2) is 5.50. The molecule has 0 aliphatic rings. The molecule has 2 heterocycles. The fraction of sp³-hybridized carbons (Fsp3) is 0.312. The van der Waals surface area contributed by atoms with E-state index in [1.807, 2.05) is 12.3 Å². The summed E-state index contributed by atoms with van der Waals surface area (Å²) in [6, 6.07) is 6.29. The number of hydrogen-bond donors (Lipinski definition) is 1. The first-order chi connectivity index (χ1) is 10.2. The molecule has 0 aliphatic carbocycles. The smallest absolute Gasteiger partial charge is 0.194 e. The van der Waals surface area contributed by atoms with Gasteiger partial charge in [0.1, 0.15) is 5.75 Å². The molecule has 5 heteroatoms. The number of imidazole rings is 1. The van der Waals surface area contributed by atoms with Crippen LogP contribution in [0.15, 0.2) is 24.4 Å². The number of hydrogen-bond acceptors (Lipinski definition) is 4. The van der Waals surface area contributed by atoms with E-state index < -0.39 is 0 Å². The summed E-state index contributed by atoms with van der Waals surface area (Å²) in [7, 11) is 1.70. The number of rotatable bonds is 4. The van der Waals surface area contributed by atoms with Crippen LogP contribution in [-0.4, -0.2) is 23.0 Å². The molecular formula is C16H19N3OS. The predicted octanol–water partition coefficient (Wildman–Crippen LogP) is 3.19. The highest BCUT2D eigenvalue weighted by Crippen LogP contribution is 2.34. The Morgan fingerprint density at radius 2 is 2.14 bits per heavy atom. The molecule has 110 valence electrons. The standard InChI is InChI=1S/C16H19N3OS/c1-10-8-12(4-5-14(10)20-3)15-11(2)21-16-18-9-13(6-7-17)19(15)16/h4-5,8-9H,6-7,17H2,1-3H3. The van der Waals surface area contributed by atoms with Crippen LogP contribution in [0.1, 0.15) is 16.1 Å². The van der Waals surface area contributed by atoms with Crippen molar-refractivity contribution in [2.24, 2.45) is 5.73 Å². The van der Waals surface area contributed by atoms with Crippen LogP contribution in [0.5, 0.6) is 5.75 Å². The number of thiazole rings is 1. The molecule has 0 saturated heterocycles. The molecule has 0 amide bonds. The van der Waals surface area contributed by atoms with Crippen molar-refractivity contribution in [1.82, 2.24) is 9.38 Å². The summed E-state index contributed by atoms with van der Waals surface area (Å²) in [6.45, 7) is 4.83. The van der Waals surface area contributed by atoms with Gasteiger partial charge in [0, 0.05) is 22.6 Å². The summed E-state index contributed by atoms with van der Waals surface area (Å²) in [5, 5.41) is 0. The van der Waals surface area contributed by atoms with Crippen molar-refractivity contribution >= 4 is 16.3 Å². The number of benzene rings is 1. The Morgan fingerprint density at radius 1 is 1.33 bits per heavy atom. The predicted molar refractivity (Wildman–Crippen MR) is 87.3 cm³/mol. The minimum absolute atomic E-state index is 0.629. The molecule has 1 aromatic carbocycles. The molecule has 0 bridgehead atoms. The van der Waals surface area contributed by atoms with Crippen LogP contribution in [0.3, 0.4) is 0 Å². The van der Waals surface area contributed by atoms with Gasteiger partial charge in [0.05, 0.1) is 19.0 Å². The van der Waals surface area contributed by atoms with Crippen LogP contribution in [0.25, 0.3) is 16.2 Å². The molecule has 3 rings (SSSR count). The Bertz CT molecular complexity index is 788. The van der Waals surface area contributed by atoms with Crippen LogP contribution in [-0.2, 0) is 6.42 Å². The SMILES string of the molecule is COc1ccc(-c2c(C)sc3ncc(CCN)n23)cc1C. The average Bonchev–Trinajstić information content (AvgIpc) is 2.98. The van der Waals surface area contributed by atoms with Crippen molar-refractivity contribution in [3.63, 3.8) is 0 Å². The van der Waals surface area contributed by atoms with Gasteiger partial charge in [-0.2, -0.15) is 0 Å². The van der Waals surface area contributed by atoms with E-state index in [1.54, 1.807) is 18.4 Å². The Kier molecular flexibility index (Phi) is 3.69. The number of aryl methyl sites for hydroxylation is 2. The van der Waals surface area contributed by atoms with Crippen molar-refractivity contribution in [3.05, 3.63) is 40.5 Å². The first-order valence-electron chi connectivity index (χ1n) is 6.96. The van der Waals surface area contributed by atoms with Crippen LogP contribution < -0.4 is 10.5 Å². The first-order valence-corrected chi connectivity index (χ1v) is 7.78. The topological polar surface area (TPSA) is 52.5 Å². The second-order valence-electron chi connectivity index (χ2n) is 5.10. The van der Waals surface area contributed by atoms with Gasteiger partial charge in [0.25, 0.3) is 0 Å². The molecule has 0 unspecified atom stereocenters. The van der Waals surface area contributed by atoms with Gasteiger partial charge in [-0.25, -0.2) is 4.98 Å². The first kappa shape index (κ1) is 14.1. The van der Waals surface area contributed by atoms with Crippen LogP contribution >= 0.6 is 11.3 Å². The van der Waals surface area contributed by atoms with E-state index in [-0.39, 0.29) is 0 Å². The quantitative estimate of drug-likeness (QED) is 0.805. The number of nitrogens with two attached hydrogens (primary N) is 1. The van der Waals surface area contributed by atoms with Gasteiger partial charge in [-0.15, -0.1) is 11.3 Å². The van der Waals surface area contributed by atoms with Gasteiger partial charge in [0.2, 0.25) is 0 Å². The molecule has 0 saturated carbocycles. The minimum Gasteiger partial charge on any atom is -0.496 e. The van der Waals surface area contributed by atoms with E-state index in [0.717, 1.165) is 22.7 Å². The van der Waals surface area contributed by atoms with E-state index >= 15 is 0 Å². The van der Waals surface area contributed by atoms with Gasteiger partial charge in [-0.3, -0.25) is 4.40 Å². The normalized spacial score (nSPS) is 11.2. The summed E-state index contributed by atoms with van der Waals surface area (Å²) in [6.07, 6.45) is 2.76. The highest BCUT2D eigenvalue weighted by Gasteiger charge is 2.16. The molecule has 3 aromatic rings. The van der Waals surface area contributed by atoms with Gasteiger partial charge >= 0.3 is 0 Å². The van der Waals surface area contributed by atoms with E-state index in [2.05, 4.69) is 35.4 Å². The maximum Gasteiger partial charge on any atom is 0.194 e. The Labute approximate surface area is 128 Å². The Morgan fingerprint density at radius 3 is 2.81 bits per heavy atom. The lowest BCUT2D eigenvalue weighted by atomic mass is 10.1. The fourth-order valence-electron chi connectivity index (χ4n) is 2.70. The zero-order chi connectivity index (χ0) is 15.0. The average molecular weight is 301 g/mol. The third-order valence-corrected chi connectivity index (χ3v) is 4.64. The Balaban J connectivity index is 2.21. The minimum atomic E-state index is 0.629. The highest BCUT2D eigenvalue weighted by molar-refractivity contribution is 7.17. The maximum absolute atomic E-state index is 5.71. The van der Waals surface area contributed by atoms with E-state index in [1.165, 1.54) is 21.8 Å². The number of ether oxygens (including phenoxy) is 1. The summed E-state index contributed by atoms with van der Waals surface area (Å²) in [4.78, 5) is 6.79. The van der Waals surface area contributed by atoms with Crippen molar-refractivity contribution < 1.29 is 4.74 Å². The second-order valence-corrected chi connectivity index (χ2v) is 6.28. The van der Waals surface area contributed by atoms with Crippen LogP contribution in [0, 0.1) is 13.8 Å². The molecule has 0 radical (unpaired) electrons. The molecule has 2 N–H and O–H groups in total. The summed E-state index contributed by atoms with van der Waals surface area (Å²) < 4.78 is 7.58. The van der Waals surface area contributed by atoms with Gasteiger partial charge in [0.15, 0.2) is 4.96 Å². The largest absolute Gasteiger partial charge is 0.496 e. The number of nitrogens with zero attached hydrogens (tertiary/aromatic N) is 2. The third kappa shape index (κ3) is 2.32. The lowest BCUT2D eigenvalue weighted by molar-refractivity contribution is 0.412. The Hall–Kier alpha value is -1.85. The summed E-state index contributed by atoms with van der Waals surface area (Å²) in [5.41, 5.74) is 10.4. The fourth-order valence-corrected chi connectivity index (χ4v) is 3.69. The van der Waals surface area contributed by atoms with Crippen LogP contribution in [0.2, 0.25) is 0 Å².